The predicted octanol–water partition coefficient (Wildman–Crippen LogP) is 4.02. The second kappa shape index (κ2) is 12.1. The third-order valence-electron chi connectivity index (χ3n) is 7.36. The molecule has 198 valence electrons. The second-order valence-corrected chi connectivity index (χ2v) is 10.4. The van der Waals surface area contributed by atoms with Gasteiger partial charge < -0.3 is 10.6 Å². The summed E-state index contributed by atoms with van der Waals surface area (Å²) in [5.74, 6) is 0.196. The Bertz CT molecular complexity index is 1270. The highest BCUT2D eigenvalue weighted by molar-refractivity contribution is 7.80. The fraction of sp³-hybridized carbons (Fsp3) is 0.357. The Hall–Kier alpha value is -3.27. The van der Waals surface area contributed by atoms with Crippen LogP contribution in [-0.4, -0.2) is 51.6 Å². The third kappa shape index (κ3) is 5.90. The van der Waals surface area contributed by atoms with Gasteiger partial charge in [-0.3, -0.25) is 25.5 Å². The Morgan fingerprint density at radius 3 is 2.79 bits per heavy atom. The minimum atomic E-state index is -0.182. The van der Waals surface area contributed by atoms with Gasteiger partial charge in [-0.1, -0.05) is 42.8 Å². The van der Waals surface area contributed by atoms with Gasteiger partial charge in [-0.2, -0.15) is 0 Å². The molecule has 1 aromatic carbocycles. The number of nitrogens with one attached hydrogen (secondary N) is 4. The van der Waals surface area contributed by atoms with Crippen LogP contribution in [0.25, 0.3) is 0 Å². The van der Waals surface area contributed by atoms with Gasteiger partial charge >= 0.3 is 0 Å². The number of hydrogen-bond acceptors (Lipinski definition) is 6. The van der Waals surface area contributed by atoms with Gasteiger partial charge in [-0.15, -0.1) is 0 Å². The van der Waals surface area contributed by atoms with Crippen LogP contribution in [-0.2, 0) is 12.8 Å². The van der Waals surface area contributed by atoms with Crippen LogP contribution in [0.15, 0.2) is 55.0 Å². The van der Waals surface area contributed by atoms with E-state index >= 15 is 0 Å². The number of likely N-dealkylation sites (tertiary alicyclic amines) is 1. The normalized spacial score (nSPS) is 18.6. The Morgan fingerprint density at radius 2 is 1.97 bits per heavy atom. The monoisotopic (exact) mass is 549 g/mol. The van der Waals surface area contributed by atoms with E-state index in [4.69, 9.17) is 23.8 Å². The number of rotatable bonds is 7. The number of hydrogen-bond donors (Lipinski definition) is 4. The fourth-order valence-corrected chi connectivity index (χ4v) is 5.73. The van der Waals surface area contributed by atoms with Crippen molar-refractivity contribution in [1.82, 2.24) is 30.9 Å². The number of hydrazine groups is 1. The highest BCUT2D eigenvalue weighted by Crippen LogP contribution is 2.32. The molecule has 10 heteroatoms. The van der Waals surface area contributed by atoms with Gasteiger partial charge in [0.25, 0.3) is 5.91 Å². The van der Waals surface area contributed by atoms with E-state index in [-0.39, 0.29) is 11.9 Å². The number of likely N-dealkylation sites (N-methyl/N-ethyl adjacent to an activating group) is 1. The number of benzene rings is 1. The summed E-state index contributed by atoms with van der Waals surface area (Å²) in [5, 5.41) is 7.14. The zero-order chi connectivity index (χ0) is 26.5. The number of thiocarbonyl (C=S) groups is 1. The van der Waals surface area contributed by atoms with Crippen LogP contribution in [0, 0.1) is 0 Å². The van der Waals surface area contributed by atoms with Gasteiger partial charge in [0.2, 0.25) is 0 Å². The van der Waals surface area contributed by atoms with Gasteiger partial charge in [0, 0.05) is 36.7 Å². The molecule has 0 saturated carbocycles. The van der Waals surface area contributed by atoms with Crippen LogP contribution in [0.1, 0.15) is 58.4 Å². The predicted molar refractivity (Wildman–Crippen MR) is 154 cm³/mol. The third-order valence-corrected chi connectivity index (χ3v) is 7.87. The Kier molecular flexibility index (Phi) is 8.36. The van der Waals surface area contributed by atoms with Crippen molar-refractivity contribution in [2.24, 2.45) is 0 Å². The fourth-order valence-electron chi connectivity index (χ4n) is 5.35. The average molecular weight is 550 g/mol. The number of aromatic nitrogens is 2. The molecule has 4 N–H and O–H groups in total. The van der Waals surface area contributed by atoms with Crippen molar-refractivity contribution in [1.29, 1.82) is 0 Å². The van der Waals surface area contributed by atoms with Crippen molar-refractivity contribution >= 4 is 40.7 Å². The minimum absolute atomic E-state index is 0.141. The molecule has 0 spiro atoms. The molecule has 5 rings (SSSR count). The molecule has 2 unspecified atom stereocenters. The number of aryl methyl sites for hydroxylation is 2. The van der Waals surface area contributed by atoms with Gasteiger partial charge in [0.15, 0.2) is 10.9 Å². The number of nitrogens with zero attached hydrogens (tertiary/aromatic N) is 3. The standard InChI is InChI=1S/C28H32ClN7OS/c1-2-36-13-5-7-21(36)16-32-27(37)20-14-24(29)26(31-15-20)34-35-28(38)33-25-22-8-4-3-6-18(22)9-10-19-11-12-30-17-23(19)25/h3-4,6,8,11-12,14-15,17,21,25H,2,5,7,9-10,13,16H2,1H3,(H,31,34)(H,32,37)(H2,33,35,38). The second-order valence-electron chi connectivity index (χ2n) is 9.62. The van der Waals surface area contributed by atoms with E-state index in [1.165, 1.54) is 29.3 Å². The van der Waals surface area contributed by atoms with Crippen LogP contribution in [0.2, 0.25) is 5.02 Å². The summed E-state index contributed by atoms with van der Waals surface area (Å²) < 4.78 is 0. The van der Waals surface area contributed by atoms with E-state index in [0.717, 1.165) is 37.9 Å². The van der Waals surface area contributed by atoms with Crippen LogP contribution in [0.4, 0.5) is 5.82 Å². The maximum absolute atomic E-state index is 12.7. The molecular weight excluding hydrogens is 518 g/mol. The number of carbonyl (C=O) groups is 1. The van der Waals surface area contributed by atoms with E-state index in [2.05, 4.69) is 67.5 Å². The maximum atomic E-state index is 12.7. The molecule has 2 aromatic heterocycles. The zero-order valence-corrected chi connectivity index (χ0v) is 22.9. The molecule has 1 aliphatic carbocycles. The summed E-state index contributed by atoms with van der Waals surface area (Å²) in [4.78, 5) is 23.8. The molecule has 3 aromatic rings. The van der Waals surface area contributed by atoms with Crippen LogP contribution >= 0.6 is 23.8 Å². The first-order valence-electron chi connectivity index (χ1n) is 13.0. The van der Waals surface area contributed by atoms with Crippen LogP contribution < -0.4 is 21.5 Å². The summed E-state index contributed by atoms with van der Waals surface area (Å²) in [7, 11) is 0. The molecule has 0 bridgehead atoms. The topological polar surface area (TPSA) is 94.2 Å². The number of carbonyl (C=O) groups excluding carboxylic acids is 1. The van der Waals surface area contributed by atoms with Crippen molar-refractivity contribution < 1.29 is 4.79 Å². The Labute approximate surface area is 233 Å². The number of anilines is 1. The molecule has 8 nitrogen and oxygen atoms in total. The molecule has 38 heavy (non-hydrogen) atoms. The smallest absolute Gasteiger partial charge is 0.252 e. The van der Waals surface area contributed by atoms with Crippen molar-refractivity contribution in [2.45, 2.75) is 44.7 Å². The quantitative estimate of drug-likeness (QED) is 0.259. The molecule has 1 amide bonds. The first kappa shape index (κ1) is 26.3. The van der Waals surface area contributed by atoms with E-state index in [0.29, 0.717) is 34.1 Å². The summed E-state index contributed by atoms with van der Waals surface area (Å²) in [6, 6.07) is 12.3. The lowest BCUT2D eigenvalue weighted by Gasteiger charge is -2.23. The van der Waals surface area contributed by atoms with Gasteiger partial charge in [-0.05, 0) is 79.8 Å². The summed E-state index contributed by atoms with van der Waals surface area (Å²) in [5.41, 5.74) is 11.2. The number of fused-ring (bicyclic) bond motifs is 2. The zero-order valence-electron chi connectivity index (χ0n) is 21.3. The van der Waals surface area contributed by atoms with E-state index in [1.807, 2.05) is 18.5 Å². The lowest BCUT2D eigenvalue weighted by Crippen LogP contribution is -2.41. The molecule has 0 radical (unpaired) electrons. The Morgan fingerprint density at radius 1 is 1.16 bits per heavy atom. The molecule has 1 aliphatic heterocycles. The summed E-state index contributed by atoms with van der Waals surface area (Å²) >= 11 is 12.1. The number of pyridine rings is 2. The molecule has 2 atom stereocenters. The Balaban J connectivity index is 1.21. The van der Waals surface area contributed by atoms with Crippen LogP contribution in [0.5, 0.6) is 0 Å². The largest absolute Gasteiger partial charge is 0.350 e. The molecule has 3 heterocycles. The first-order valence-corrected chi connectivity index (χ1v) is 13.8. The van der Waals surface area contributed by atoms with Gasteiger partial charge in [-0.25, -0.2) is 4.98 Å². The van der Waals surface area contributed by atoms with Crippen molar-refractivity contribution in [3.63, 3.8) is 0 Å². The number of amides is 1. The van der Waals surface area contributed by atoms with Crippen molar-refractivity contribution in [3.8, 4) is 0 Å². The highest BCUT2D eigenvalue weighted by atomic mass is 35.5. The maximum Gasteiger partial charge on any atom is 0.252 e. The number of halogens is 1. The van der Waals surface area contributed by atoms with E-state index in [9.17, 15) is 4.79 Å². The first-order chi connectivity index (χ1) is 18.5. The lowest BCUT2D eigenvalue weighted by atomic mass is 9.96. The molecular formula is C28H32ClN7OS. The van der Waals surface area contributed by atoms with E-state index < -0.39 is 0 Å². The van der Waals surface area contributed by atoms with Crippen molar-refractivity contribution in [3.05, 3.63) is 87.8 Å². The highest BCUT2D eigenvalue weighted by Gasteiger charge is 2.25. The van der Waals surface area contributed by atoms with Crippen molar-refractivity contribution in [2.75, 3.05) is 25.1 Å². The van der Waals surface area contributed by atoms with Gasteiger partial charge in [0.1, 0.15) is 0 Å². The summed E-state index contributed by atoms with van der Waals surface area (Å²) in [6.07, 6.45) is 9.42. The SMILES string of the molecule is CCN1CCCC1CNC(=O)c1cnc(NNC(=S)NC2c3ccccc3CCc3ccncc32)c(Cl)c1. The lowest BCUT2D eigenvalue weighted by molar-refractivity contribution is 0.0941. The molecule has 1 fully saturated rings. The molecule has 1 saturated heterocycles. The van der Waals surface area contributed by atoms with Gasteiger partial charge in [0.05, 0.1) is 16.6 Å². The summed E-state index contributed by atoms with van der Waals surface area (Å²) in [6.45, 7) is 4.85. The van der Waals surface area contributed by atoms with E-state index in [1.54, 1.807) is 6.07 Å². The minimum Gasteiger partial charge on any atom is -0.350 e. The van der Waals surface area contributed by atoms with Crippen LogP contribution in [0.3, 0.4) is 0 Å². The molecule has 2 aliphatic rings. The average Bonchev–Trinajstić information content (AvgIpc) is 3.34.